The largest absolute Gasteiger partial charge is 0.433 e. The van der Waals surface area contributed by atoms with E-state index in [0.717, 1.165) is 17.4 Å². The molecule has 5 rings (SSSR count). The van der Waals surface area contributed by atoms with Crippen LogP contribution in [0.4, 0.5) is 18.9 Å². The van der Waals surface area contributed by atoms with Gasteiger partial charge < -0.3 is 5.32 Å². The molecular formula is C24H17Cl2F3N6OS. The van der Waals surface area contributed by atoms with Crippen molar-refractivity contribution in [1.82, 2.24) is 24.4 Å². The van der Waals surface area contributed by atoms with E-state index in [-0.39, 0.29) is 23.6 Å². The van der Waals surface area contributed by atoms with Gasteiger partial charge >= 0.3 is 6.18 Å². The number of nitrogens with one attached hydrogen (secondary N) is 1. The van der Waals surface area contributed by atoms with Crippen LogP contribution in [0.15, 0.2) is 54.9 Å². The fourth-order valence-electron chi connectivity index (χ4n) is 3.67. The number of carbonyl (C=O) groups is 1. The van der Waals surface area contributed by atoms with Crippen molar-refractivity contribution in [1.29, 1.82) is 0 Å². The number of hydrogen-bond donors (Lipinski definition) is 1. The number of carbonyl (C=O) groups excluding carboxylic acids is 1. The van der Waals surface area contributed by atoms with Gasteiger partial charge in [-0.25, -0.2) is 9.50 Å². The Hall–Kier alpha value is -3.41. The summed E-state index contributed by atoms with van der Waals surface area (Å²) in [5.74, 6) is -0.708. The molecule has 13 heteroatoms. The Bertz CT molecular complexity index is 1600. The molecular weight excluding hydrogens is 548 g/mol. The minimum absolute atomic E-state index is 0.0921. The first-order chi connectivity index (χ1) is 17.6. The van der Waals surface area contributed by atoms with Gasteiger partial charge in [-0.15, -0.1) is 11.3 Å². The molecule has 0 spiro atoms. The van der Waals surface area contributed by atoms with E-state index in [4.69, 9.17) is 23.2 Å². The number of aromatic nitrogens is 5. The summed E-state index contributed by atoms with van der Waals surface area (Å²) < 4.78 is 43.8. The van der Waals surface area contributed by atoms with Gasteiger partial charge in [0.1, 0.15) is 0 Å². The molecule has 0 bridgehead atoms. The molecule has 5 aromatic rings. The molecule has 0 unspecified atom stereocenters. The number of rotatable bonds is 6. The van der Waals surface area contributed by atoms with E-state index < -0.39 is 17.8 Å². The molecule has 0 saturated carbocycles. The maximum absolute atomic E-state index is 13.9. The predicted molar refractivity (Wildman–Crippen MR) is 136 cm³/mol. The molecule has 0 aliphatic rings. The van der Waals surface area contributed by atoms with E-state index in [1.165, 1.54) is 28.3 Å². The zero-order chi connectivity index (χ0) is 26.3. The molecule has 1 amide bonds. The fraction of sp³-hybridized carbons (Fsp3) is 0.167. The topological polar surface area (TPSA) is 77.1 Å². The van der Waals surface area contributed by atoms with E-state index in [1.807, 2.05) is 13.0 Å². The summed E-state index contributed by atoms with van der Waals surface area (Å²) in [7, 11) is 0. The molecule has 0 radical (unpaired) electrons. The molecule has 0 fully saturated rings. The summed E-state index contributed by atoms with van der Waals surface area (Å²) in [4.78, 5) is 18.8. The fourth-order valence-corrected chi connectivity index (χ4v) is 5.10. The normalized spacial score (nSPS) is 11.8. The standard InChI is InChI=1S/C24H17Cl2F3N6OS/c1-2-14-6-7-20(37-14)18-8-21(24(27,28)29)35-22(32-18)9-19(33-35)23(36)31-13-10-30-34(11-13)12-15-16(25)4-3-5-17(15)26/h3-11H,2,12H2,1H3,(H,31,36). The second kappa shape index (κ2) is 9.81. The Balaban J connectivity index is 1.42. The lowest BCUT2D eigenvalue weighted by Gasteiger charge is -2.10. The molecule has 190 valence electrons. The zero-order valence-electron chi connectivity index (χ0n) is 19.1. The molecule has 0 aliphatic heterocycles. The average Bonchev–Trinajstić information content (AvgIpc) is 3.59. The summed E-state index contributed by atoms with van der Waals surface area (Å²) >= 11 is 13.8. The highest BCUT2D eigenvalue weighted by Crippen LogP contribution is 2.34. The zero-order valence-corrected chi connectivity index (χ0v) is 21.4. The SMILES string of the molecule is CCc1ccc(-c2cc(C(F)(F)F)n3nc(C(=O)Nc4cnn(Cc5c(Cl)cccc5Cl)c4)cc3n2)s1. The number of fused-ring (bicyclic) bond motifs is 1. The number of aryl methyl sites for hydroxylation is 1. The van der Waals surface area contributed by atoms with Crippen molar-refractivity contribution in [3.05, 3.63) is 86.7 Å². The molecule has 4 aromatic heterocycles. The van der Waals surface area contributed by atoms with E-state index in [9.17, 15) is 18.0 Å². The van der Waals surface area contributed by atoms with Gasteiger partial charge in [0.15, 0.2) is 17.0 Å². The van der Waals surface area contributed by atoms with Gasteiger partial charge in [-0.1, -0.05) is 36.2 Å². The second-order valence-electron chi connectivity index (χ2n) is 8.02. The van der Waals surface area contributed by atoms with Gasteiger partial charge in [0, 0.05) is 32.7 Å². The highest BCUT2D eigenvalue weighted by molar-refractivity contribution is 7.15. The van der Waals surface area contributed by atoms with Gasteiger partial charge in [-0.05, 0) is 36.8 Å². The minimum Gasteiger partial charge on any atom is -0.318 e. The summed E-state index contributed by atoms with van der Waals surface area (Å²) in [6, 6.07) is 10.9. The van der Waals surface area contributed by atoms with Crippen LogP contribution in [0.2, 0.25) is 10.0 Å². The van der Waals surface area contributed by atoms with Crippen molar-refractivity contribution in [3.8, 4) is 10.6 Å². The third-order valence-corrected chi connectivity index (χ3v) is 7.45. The summed E-state index contributed by atoms with van der Waals surface area (Å²) in [5, 5.41) is 11.6. The number of hydrogen-bond acceptors (Lipinski definition) is 5. The molecule has 0 saturated heterocycles. The first-order valence-corrected chi connectivity index (χ1v) is 12.5. The highest BCUT2D eigenvalue weighted by Gasteiger charge is 2.36. The van der Waals surface area contributed by atoms with Crippen LogP contribution >= 0.6 is 34.5 Å². The first kappa shape index (κ1) is 25.2. The van der Waals surface area contributed by atoms with Crippen molar-refractivity contribution >= 4 is 51.8 Å². The lowest BCUT2D eigenvalue weighted by atomic mass is 10.2. The number of thiophene rings is 1. The van der Waals surface area contributed by atoms with Gasteiger partial charge in [-0.3, -0.25) is 9.48 Å². The van der Waals surface area contributed by atoms with Crippen LogP contribution in [0.1, 0.15) is 33.5 Å². The number of nitrogens with zero attached hydrogens (tertiary/aromatic N) is 5. The summed E-state index contributed by atoms with van der Waals surface area (Å²) in [6.45, 7) is 2.22. The van der Waals surface area contributed by atoms with Crippen LogP contribution in [0.5, 0.6) is 0 Å². The third-order valence-electron chi connectivity index (χ3n) is 5.49. The Kier molecular flexibility index (Phi) is 6.69. The predicted octanol–water partition coefficient (Wildman–Crippen LogP) is 6.84. The van der Waals surface area contributed by atoms with Gasteiger partial charge in [0.25, 0.3) is 5.91 Å². The number of alkyl halides is 3. The Morgan fingerprint density at radius 2 is 1.89 bits per heavy atom. The van der Waals surface area contributed by atoms with Gasteiger partial charge in [0.05, 0.1) is 29.0 Å². The summed E-state index contributed by atoms with van der Waals surface area (Å²) in [6.07, 6.45) is -0.995. The number of halogens is 5. The number of amides is 1. The Morgan fingerprint density at radius 3 is 2.57 bits per heavy atom. The molecule has 1 aromatic carbocycles. The van der Waals surface area contributed by atoms with Crippen LogP contribution < -0.4 is 5.32 Å². The molecule has 4 heterocycles. The van der Waals surface area contributed by atoms with Crippen LogP contribution in [0, 0.1) is 0 Å². The lowest BCUT2D eigenvalue weighted by molar-refractivity contribution is -0.142. The van der Waals surface area contributed by atoms with Gasteiger partial charge in [-0.2, -0.15) is 23.4 Å². The van der Waals surface area contributed by atoms with E-state index in [0.29, 0.717) is 30.7 Å². The van der Waals surface area contributed by atoms with Crippen LogP contribution in [-0.2, 0) is 19.1 Å². The number of benzene rings is 1. The van der Waals surface area contributed by atoms with E-state index >= 15 is 0 Å². The first-order valence-electron chi connectivity index (χ1n) is 11.0. The average molecular weight is 565 g/mol. The molecule has 0 atom stereocenters. The van der Waals surface area contributed by atoms with E-state index in [2.05, 4.69) is 20.5 Å². The molecule has 1 N–H and O–H groups in total. The smallest absolute Gasteiger partial charge is 0.318 e. The second-order valence-corrected chi connectivity index (χ2v) is 10.0. The molecule has 0 aliphatic carbocycles. The molecule has 7 nitrogen and oxygen atoms in total. The highest BCUT2D eigenvalue weighted by atomic mass is 35.5. The molecule has 37 heavy (non-hydrogen) atoms. The van der Waals surface area contributed by atoms with Gasteiger partial charge in [0.2, 0.25) is 0 Å². The summed E-state index contributed by atoms with van der Waals surface area (Å²) in [5.41, 5.74) is -0.201. The van der Waals surface area contributed by atoms with Crippen molar-refractivity contribution in [2.45, 2.75) is 26.1 Å². The van der Waals surface area contributed by atoms with Crippen molar-refractivity contribution < 1.29 is 18.0 Å². The van der Waals surface area contributed by atoms with Crippen LogP contribution in [-0.4, -0.2) is 30.3 Å². The van der Waals surface area contributed by atoms with Crippen LogP contribution in [0.3, 0.4) is 0 Å². The lowest BCUT2D eigenvalue weighted by Crippen LogP contribution is -2.15. The Labute approximate surface area is 222 Å². The maximum atomic E-state index is 13.9. The monoisotopic (exact) mass is 564 g/mol. The number of anilines is 1. The third kappa shape index (κ3) is 5.20. The van der Waals surface area contributed by atoms with Crippen molar-refractivity contribution in [3.63, 3.8) is 0 Å². The van der Waals surface area contributed by atoms with Crippen LogP contribution in [0.25, 0.3) is 16.2 Å². The Morgan fingerprint density at radius 1 is 1.14 bits per heavy atom. The maximum Gasteiger partial charge on any atom is 0.433 e. The van der Waals surface area contributed by atoms with Crippen molar-refractivity contribution in [2.75, 3.05) is 5.32 Å². The minimum atomic E-state index is -4.71. The van der Waals surface area contributed by atoms with Crippen molar-refractivity contribution in [2.24, 2.45) is 0 Å². The quantitative estimate of drug-likeness (QED) is 0.245. The van der Waals surface area contributed by atoms with E-state index in [1.54, 1.807) is 30.5 Å².